The number of hydrogen-bond donors (Lipinski definition) is 3. The van der Waals surface area contributed by atoms with Crippen molar-refractivity contribution < 1.29 is 13.8 Å². The van der Waals surface area contributed by atoms with Crippen molar-refractivity contribution in [1.82, 2.24) is 4.57 Å². The van der Waals surface area contributed by atoms with Gasteiger partial charge in [0.2, 0.25) is 0 Å². The van der Waals surface area contributed by atoms with Gasteiger partial charge >= 0.3 is 5.97 Å². The summed E-state index contributed by atoms with van der Waals surface area (Å²) in [5.41, 5.74) is 1.77. The van der Waals surface area contributed by atoms with Gasteiger partial charge in [-0.25, -0.2) is 4.79 Å². The predicted molar refractivity (Wildman–Crippen MR) is 92.9 cm³/mol. The van der Waals surface area contributed by atoms with Crippen LogP contribution in [-0.4, -0.2) is 21.9 Å². The summed E-state index contributed by atoms with van der Waals surface area (Å²) in [7, 11) is 1.68. The number of nitrogens with one attached hydrogen (secondary N) is 2. The van der Waals surface area contributed by atoms with Crippen LogP contribution in [0.4, 0.5) is 9.57 Å². The number of aromatic carboxylic acids is 1. The number of carboxylic acid groups (broad SMARTS) is 1. The van der Waals surface area contributed by atoms with Crippen molar-refractivity contribution >= 4 is 53.6 Å². The number of anilines is 1. The Bertz CT molecular complexity index is 780. The molecule has 0 radical (unpaired) electrons. The van der Waals surface area contributed by atoms with Gasteiger partial charge in [-0.05, 0) is 25.1 Å². The highest BCUT2D eigenvalue weighted by atomic mass is 35.5. The first-order valence-corrected chi connectivity index (χ1v) is 8.25. The Morgan fingerprint density at radius 1 is 1.48 bits per heavy atom. The zero-order valence-corrected chi connectivity index (χ0v) is 14.6. The van der Waals surface area contributed by atoms with Crippen molar-refractivity contribution in [2.45, 2.75) is 16.7 Å². The Morgan fingerprint density at radius 3 is 2.70 bits per heavy atom. The fraction of sp³-hybridized carbons (Fsp3) is 0.143. The van der Waals surface area contributed by atoms with Gasteiger partial charge in [0.05, 0.1) is 10.7 Å². The fourth-order valence-electron chi connectivity index (χ4n) is 2.03. The average Bonchev–Trinajstić information content (AvgIpc) is 2.78. The lowest BCUT2D eigenvalue weighted by Crippen LogP contribution is -2.04. The van der Waals surface area contributed by atoms with Crippen LogP contribution in [0.15, 0.2) is 28.0 Å². The molecule has 2 aromatic rings. The number of rotatable bonds is 6. The molecular weight excluding hydrogens is 361 g/mol. The summed E-state index contributed by atoms with van der Waals surface area (Å²) in [5, 5.41) is 16.9. The second-order valence-corrected chi connectivity index (χ2v) is 6.52. The lowest BCUT2D eigenvalue weighted by Gasteiger charge is -2.10. The van der Waals surface area contributed by atoms with Gasteiger partial charge in [-0.3, -0.25) is 0 Å². The lowest BCUT2D eigenvalue weighted by atomic mass is 10.2. The molecule has 0 unspecified atom stereocenters. The Kier molecular flexibility index (Phi) is 5.61. The summed E-state index contributed by atoms with van der Waals surface area (Å²) in [6.45, 7) is 1.82. The highest BCUT2D eigenvalue weighted by molar-refractivity contribution is 7.99. The van der Waals surface area contributed by atoms with Gasteiger partial charge < -0.3 is 19.8 Å². The summed E-state index contributed by atoms with van der Waals surface area (Å²) in [6, 6.07) is 4.92. The molecule has 0 aliphatic carbocycles. The summed E-state index contributed by atoms with van der Waals surface area (Å²) >= 11 is 7.37. The molecule has 0 bridgehead atoms. The quantitative estimate of drug-likeness (QED) is 0.501. The van der Waals surface area contributed by atoms with E-state index in [0.29, 0.717) is 11.3 Å². The van der Waals surface area contributed by atoms with Crippen LogP contribution in [-0.2, 0) is 7.05 Å². The maximum absolute atomic E-state index is 12.4. The third-order valence-corrected chi connectivity index (χ3v) is 5.01. The number of carboxylic acids is 1. The van der Waals surface area contributed by atoms with Crippen LogP contribution < -0.4 is 4.72 Å². The van der Waals surface area contributed by atoms with E-state index in [1.807, 2.05) is 6.92 Å². The molecule has 1 aromatic carbocycles. The van der Waals surface area contributed by atoms with E-state index < -0.39 is 5.97 Å². The minimum Gasteiger partial charge on any atom is -0.477 e. The zero-order valence-electron chi connectivity index (χ0n) is 12.2. The van der Waals surface area contributed by atoms with Crippen molar-refractivity contribution in [3.8, 4) is 0 Å². The molecule has 9 heteroatoms. The first-order chi connectivity index (χ1) is 10.9. The number of hydrogen-bond acceptors (Lipinski definition) is 5. The molecule has 0 amide bonds. The molecule has 0 fully saturated rings. The number of benzene rings is 1. The number of aromatic nitrogens is 1. The molecule has 3 N–H and O–H groups in total. The molecule has 0 aliphatic rings. The normalized spacial score (nSPS) is 10.6. The van der Waals surface area contributed by atoms with E-state index in [1.54, 1.807) is 29.8 Å². The van der Waals surface area contributed by atoms with E-state index in [2.05, 4.69) is 4.72 Å². The summed E-state index contributed by atoms with van der Waals surface area (Å²) in [5.74, 6) is -1.000. The number of halogens is 2. The minimum absolute atomic E-state index is 0.0940. The summed E-state index contributed by atoms with van der Waals surface area (Å²) < 4.78 is 16.4. The van der Waals surface area contributed by atoms with Crippen molar-refractivity contribution in [3.63, 3.8) is 0 Å². The van der Waals surface area contributed by atoms with E-state index in [0.717, 1.165) is 21.7 Å². The Labute approximate surface area is 146 Å². The highest BCUT2D eigenvalue weighted by Gasteiger charge is 2.16. The molecule has 0 saturated heterocycles. The van der Waals surface area contributed by atoms with Gasteiger partial charge in [0.1, 0.15) is 5.69 Å². The van der Waals surface area contributed by atoms with E-state index in [1.165, 1.54) is 11.8 Å². The zero-order chi connectivity index (χ0) is 17.1. The number of nitrogens with zero attached hydrogens (tertiary/aromatic N) is 1. The molecule has 5 nitrogen and oxygen atoms in total. The molecule has 0 saturated carbocycles. The van der Waals surface area contributed by atoms with Crippen LogP contribution in [0.5, 0.6) is 0 Å². The maximum Gasteiger partial charge on any atom is 0.352 e. The largest absolute Gasteiger partial charge is 0.477 e. The number of carbonyl (C=O) groups is 1. The van der Waals surface area contributed by atoms with Crippen molar-refractivity contribution in [2.75, 3.05) is 4.72 Å². The van der Waals surface area contributed by atoms with Gasteiger partial charge in [0.25, 0.3) is 0 Å². The van der Waals surface area contributed by atoms with Crippen LogP contribution in [0.2, 0.25) is 5.02 Å². The van der Waals surface area contributed by atoms with Crippen molar-refractivity contribution in [3.05, 3.63) is 40.2 Å². The van der Waals surface area contributed by atoms with Gasteiger partial charge in [0, 0.05) is 34.3 Å². The standard InChI is InChI=1S/C14H13ClFN3O2S2/c1-7-12(5-11(14(20)21)19(7)2)22-9-3-8(6-17)13(18-23-16)10(15)4-9/h3-6,17-18H,1-2H3,(H,20,21). The van der Waals surface area contributed by atoms with Crippen LogP contribution in [0.1, 0.15) is 21.7 Å². The second-order valence-electron chi connectivity index (χ2n) is 4.64. The monoisotopic (exact) mass is 373 g/mol. The van der Waals surface area contributed by atoms with Crippen LogP contribution in [0.3, 0.4) is 0 Å². The van der Waals surface area contributed by atoms with Gasteiger partial charge in [-0.1, -0.05) is 23.4 Å². The lowest BCUT2D eigenvalue weighted by molar-refractivity contribution is 0.0686. The molecule has 0 aliphatic heterocycles. The SMILES string of the molecule is Cc1c(Sc2cc(Cl)c(NSF)c(C=N)c2)cc(C(=O)O)n1C. The van der Waals surface area contributed by atoms with E-state index >= 15 is 0 Å². The topological polar surface area (TPSA) is 78.1 Å². The molecule has 1 heterocycles. The third kappa shape index (κ3) is 3.65. The molecule has 0 spiro atoms. The first kappa shape index (κ1) is 17.7. The molecule has 23 heavy (non-hydrogen) atoms. The smallest absolute Gasteiger partial charge is 0.352 e. The average molecular weight is 374 g/mol. The Morgan fingerprint density at radius 2 is 2.17 bits per heavy atom. The van der Waals surface area contributed by atoms with Crippen molar-refractivity contribution in [2.24, 2.45) is 7.05 Å². The van der Waals surface area contributed by atoms with Crippen LogP contribution in [0, 0.1) is 12.3 Å². The van der Waals surface area contributed by atoms with E-state index in [-0.39, 0.29) is 23.1 Å². The van der Waals surface area contributed by atoms with Crippen LogP contribution >= 0.6 is 35.7 Å². The Hall–Kier alpha value is -1.64. The third-order valence-electron chi connectivity index (χ3n) is 3.33. The minimum atomic E-state index is -1.000. The summed E-state index contributed by atoms with van der Waals surface area (Å²) in [6.07, 6.45) is 1.08. The Balaban J connectivity index is 2.41. The molecule has 1 aromatic heterocycles. The molecule has 122 valence electrons. The van der Waals surface area contributed by atoms with Crippen molar-refractivity contribution in [1.29, 1.82) is 5.41 Å². The molecule has 0 atom stereocenters. The molecular formula is C14H13ClFN3O2S2. The van der Waals surface area contributed by atoms with Gasteiger partial charge in [-0.2, -0.15) is 0 Å². The fourth-order valence-corrected chi connectivity index (χ4v) is 3.80. The molecule has 2 rings (SSSR count). The second kappa shape index (κ2) is 7.29. The maximum atomic E-state index is 12.4. The van der Waals surface area contributed by atoms with Crippen LogP contribution in [0.25, 0.3) is 0 Å². The summed E-state index contributed by atoms with van der Waals surface area (Å²) in [4.78, 5) is 12.7. The van der Waals surface area contributed by atoms with Gasteiger partial charge in [-0.15, -0.1) is 3.89 Å². The highest BCUT2D eigenvalue weighted by Crippen LogP contribution is 2.37. The predicted octanol–water partition coefficient (Wildman–Crippen LogP) is 4.78. The van der Waals surface area contributed by atoms with E-state index in [9.17, 15) is 8.68 Å². The van der Waals surface area contributed by atoms with E-state index in [4.69, 9.17) is 22.1 Å². The van der Waals surface area contributed by atoms with Gasteiger partial charge in [0.15, 0.2) is 12.3 Å². The first-order valence-electron chi connectivity index (χ1n) is 6.34.